The van der Waals surface area contributed by atoms with Gasteiger partial charge in [0.25, 0.3) is 0 Å². The second-order valence-corrected chi connectivity index (χ2v) is 7.82. The smallest absolute Gasteiger partial charge is 0.157 e. The van der Waals surface area contributed by atoms with Crippen LogP contribution in [0, 0.1) is 24.1 Å². The highest BCUT2D eigenvalue weighted by atomic mass is 35.5. The van der Waals surface area contributed by atoms with E-state index in [0.717, 1.165) is 16.6 Å². The summed E-state index contributed by atoms with van der Waals surface area (Å²) in [6, 6.07) is 17.4. The van der Waals surface area contributed by atoms with Crippen LogP contribution >= 0.6 is 23.2 Å². The van der Waals surface area contributed by atoms with E-state index in [9.17, 15) is 9.65 Å². The summed E-state index contributed by atoms with van der Waals surface area (Å²) in [6.07, 6.45) is 1.65. The highest BCUT2D eigenvalue weighted by Gasteiger charge is 2.12. The van der Waals surface area contributed by atoms with Gasteiger partial charge in [-0.2, -0.15) is 5.26 Å². The summed E-state index contributed by atoms with van der Waals surface area (Å²) >= 11 is 12.7. The molecule has 1 heterocycles. The van der Waals surface area contributed by atoms with Crippen LogP contribution in [-0.2, 0) is 6.61 Å². The van der Waals surface area contributed by atoms with Crippen molar-refractivity contribution in [1.82, 2.24) is 9.97 Å². The summed E-state index contributed by atoms with van der Waals surface area (Å²) in [6.45, 7) is 2.11. The third-order valence-corrected chi connectivity index (χ3v) is 5.18. The highest BCUT2D eigenvalue weighted by Crippen LogP contribution is 2.36. The fraction of sp³-hybridized carbons (Fsp3) is 0.0833. The Balaban J connectivity index is 1.61. The van der Waals surface area contributed by atoms with Gasteiger partial charge < -0.3 is 9.72 Å². The maximum Gasteiger partial charge on any atom is 0.157 e. The maximum atomic E-state index is 13.3. The number of ether oxygens (including phenoxy) is 1. The number of aromatic amines is 1. The number of benzene rings is 3. The van der Waals surface area contributed by atoms with E-state index in [1.54, 1.807) is 30.3 Å². The van der Waals surface area contributed by atoms with Crippen molar-refractivity contribution >= 4 is 45.9 Å². The number of fused-ring (bicyclic) bond motifs is 1. The molecule has 4 aromatic rings. The number of nitrogens with one attached hydrogen (secondary N) is 1. The molecule has 0 amide bonds. The van der Waals surface area contributed by atoms with Crippen molar-refractivity contribution in [2.45, 2.75) is 13.5 Å². The monoisotopic (exact) mass is 451 g/mol. The zero-order chi connectivity index (χ0) is 22.0. The molecule has 0 unspecified atom stereocenters. The molecule has 3 aromatic carbocycles. The number of aryl methyl sites for hydroxylation is 1. The summed E-state index contributed by atoms with van der Waals surface area (Å²) in [5.41, 5.74) is 4.35. The Morgan fingerprint density at radius 2 is 1.94 bits per heavy atom. The van der Waals surface area contributed by atoms with Crippen molar-refractivity contribution in [3.05, 3.63) is 93.0 Å². The molecule has 31 heavy (non-hydrogen) atoms. The Morgan fingerprint density at radius 1 is 1.16 bits per heavy atom. The number of imidazole rings is 1. The van der Waals surface area contributed by atoms with E-state index in [-0.39, 0.29) is 22.5 Å². The van der Waals surface area contributed by atoms with Crippen LogP contribution in [-0.4, -0.2) is 9.97 Å². The Labute approximate surface area is 188 Å². The van der Waals surface area contributed by atoms with Crippen molar-refractivity contribution in [3.8, 4) is 11.8 Å². The van der Waals surface area contributed by atoms with E-state index in [1.807, 2.05) is 25.1 Å². The first-order valence-corrected chi connectivity index (χ1v) is 10.1. The molecule has 1 aromatic heterocycles. The van der Waals surface area contributed by atoms with Crippen LogP contribution in [0.25, 0.3) is 22.7 Å². The molecule has 0 saturated heterocycles. The van der Waals surface area contributed by atoms with Crippen LogP contribution in [0.4, 0.5) is 4.39 Å². The van der Waals surface area contributed by atoms with Gasteiger partial charge in [0.15, 0.2) is 5.75 Å². The number of hydrogen-bond donors (Lipinski definition) is 1. The van der Waals surface area contributed by atoms with E-state index in [4.69, 9.17) is 27.9 Å². The first kappa shape index (κ1) is 20.9. The van der Waals surface area contributed by atoms with Gasteiger partial charge in [-0.3, -0.25) is 0 Å². The first-order chi connectivity index (χ1) is 14.9. The topological polar surface area (TPSA) is 61.7 Å². The third-order valence-electron chi connectivity index (χ3n) is 4.62. The minimum absolute atomic E-state index is 0.119. The molecule has 0 saturated carbocycles. The zero-order valence-electron chi connectivity index (χ0n) is 16.4. The van der Waals surface area contributed by atoms with Crippen LogP contribution in [0.15, 0.2) is 54.6 Å². The number of H-pyrrole nitrogens is 1. The Bertz CT molecular complexity index is 1330. The van der Waals surface area contributed by atoms with Gasteiger partial charge in [0.1, 0.15) is 24.3 Å². The van der Waals surface area contributed by atoms with Gasteiger partial charge in [0, 0.05) is 0 Å². The number of nitrogens with zero attached hydrogens (tertiary/aromatic N) is 2. The van der Waals surface area contributed by atoms with Crippen molar-refractivity contribution in [2.75, 3.05) is 0 Å². The highest BCUT2D eigenvalue weighted by molar-refractivity contribution is 6.37. The fourth-order valence-electron chi connectivity index (χ4n) is 3.15. The lowest BCUT2D eigenvalue weighted by atomic mass is 10.1. The number of allylic oxidation sites excluding steroid dienone is 1. The van der Waals surface area contributed by atoms with Crippen LogP contribution < -0.4 is 4.74 Å². The van der Waals surface area contributed by atoms with Crippen molar-refractivity contribution < 1.29 is 9.13 Å². The Kier molecular flexibility index (Phi) is 5.94. The Morgan fingerprint density at radius 3 is 2.65 bits per heavy atom. The first-order valence-electron chi connectivity index (χ1n) is 9.38. The fourth-order valence-corrected chi connectivity index (χ4v) is 3.77. The molecule has 0 radical (unpaired) electrons. The van der Waals surface area contributed by atoms with E-state index in [1.165, 1.54) is 12.1 Å². The van der Waals surface area contributed by atoms with Crippen LogP contribution in [0.5, 0.6) is 5.75 Å². The molecule has 4 rings (SSSR count). The lowest BCUT2D eigenvalue weighted by molar-refractivity contribution is 0.306. The summed E-state index contributed by atoms with van der Waals surface area (Å²) < 4.78 is 19.0. The standard InChI is InChI=1S/C24H16Cl2FN3O/c1-14-5-6-21-22(7-14)30-24(29-21)17(12-28)8-16-10-19(25)23(20(26)11-16)31-13-15-3-2-4-18(27)9-15/h2-11H,13H2,1H3,(H,29,30)/b17-8-. The molecule has 0 aliphatic heterocycles. The van der Waals surface area contributed by atoms with Crippen molar-refractivity contribution in [3.63, 3.8) is 0 Å². The molecule has 7 heteroatoms. The summed E-state index contributed by atoms with van der Waals surface area (Å²) in [7, 11) is 0. The molecule has 4 nitrogen and oxygen atoms in total. The molecule has 1 N–H and O–H groups in total. The van der Waals surface area contributed by atoms with E-state index in [0.29, 0.717) is 28.3 Å². The number of aromatic nitrogens is 2. The third kappa shape index (κ3) is 4.72. The van der Waals surface area contributed by atoms with Crippen LogP contribution in [0.2, 0.25) is 10.0 Å². The number of hydrogen-bond acceptors (Lipinski definition) is 3. The Hall–Kier alpha value is -3.33. The summed E-state index contributed by atoms with van der Waals surface area (Å²) in [4.78, 5) is 7.65. The second-order valence-electron chi connectivity index (χ2n) is 7.01. The van der Waals surface area contributed by atoms with E-state index >= 15 is 0 Å². The number of nitriles is 1. The van der Waals surface area contributed by atoms with Gasteiger partial charge in [-0.15, -0.1) is 0 Å². The number of rotatable bonds is 5. The van der Waals surface area contributed by atoms with Gasteiger partial charge in [-0.05, 0) is 66.1 Å². The van der Waals surface area contributed by atoms with E-state index in [2.05, 4.69) is 16.0 Å². The lowest BCUT2D eigenvalue weighted by Gasteiger charge is -2.11. The predicted molar refractivity (Wildman–Crippen MR) is 122 cm³/mol. The molecule has 0 atom stereocenters. The van der Waals surface area contributed by atoms with Gasteiger partial charge in [0.05, 0.1) is 26.7 Å². The van der Waals surface area contributed by atoms with Crippen molar-refractivity contribution in [2.24, 2.45) is 0 Å². The van der Waals surface area contributed by atoms with Gasteiger partial charge in [0.2, 0.25) is 0 Å². The van der Waals surface area contributed by atoms with Gasteiger partial charge in [-0.25, -0.2) is 9.37 Å². The molecular formula is C24H16Cl2FN3O. The normalized spacial score (nSPS) is 11.5. The maximum absolute atomic E-state index is 13.3. The number of halogens is 3. The molecule has 0 fully saturated rings. The average Bonchev–Trinajstić information content (AvgIpc) is 3.14. The molecule has 154 valence electrons. The molecule has 0 bridgehead atoms. The van der Waals surface area contributed by atoms with Gasteiger partial charge in [-0.1, -0.05) is 41.4 Å². The van der Waals surface area contributed by atoms with Crippen LogP contribution in [0.3, 0.4) is 0 Å². The van der Waals surface area contributed by atoms with Crippen LogP contribution in [0.1, 0.15) is 22.5 Å². The van der Waals surface area contributed by atoms with Crippen molar-refractivity contribution in [1.29, 1.82) is 5.26 Å². The molecule has 0 aliphatic rings. The van der Waals surface area contributed by atoms with Gasteiger partial charge >= 0.3 is 0 Å². The summed E-state index contributed by atoms with van der Waals surface area (Å²) in [5.74, 6) is 0.410. The van der Waals surface area contributed by atoms with E-state index < -0.39 is 0 Å². The average molecular weight is 452 g/mol. The largest absolute Gasteiger partial charge is 0.486 e. The second kappa shape index (κ2) is 8.81. The zero-order valence-corrected chi connectivity index (χ0v) is 17.9. The lowest BCUT2D eigenvalue weighted by Crippen LogP contribution is -1.97. The molecular weight excluding hydrogens is 436 g/mol. The SMILES string of the molecule is Cc1ccc2nc(/C(C#N)=C\c3cc(Cl)c(OCc4cccc(F)c4)c(Cl)c3)[nH]c2c1. The quantitative estimate of drug-likeness (QED) is 0.333. The predicted octanol–water partition coefficient (Wildman–Crippen LogP) is 6.96. The molecule has 0 spiro atoms. The minimum Gasteiger partial charge on any atom is -0.486 e. The minimum atomic E-state index is -0.344. The molecule has 0 aliphatic carbocycles. The summed E-state index contributed by atoms with van der Waals surface area (Å²) in [5, 5.41) is 10.2.